The average molecular weight is 593 g/mol. The number of rotatable bonds is 11. The standard InChI is InChI=1S/C36H67P3/c37-35(30-16-6-1-7-17-30,31-18-8-2-9-19-31)26-28-39(34-24-14-5-15-25-34)29-27-36(38,32-20-10-3-11-21-32)33-22-12-4-13-23-33/h30-34H,1-29,37-38H2. The van der Waals surface area contributed by atoms with E-state index in [9.17, 15) is 0 Å². The van der Waals surface area contributed by atoms with Crippen molar-refractivity contribution in [2.45, 2.75) is 189 Å². The average Bonchev–Trinajstić information content (AvgIpc) is 3.03. The molecule has 0 saturated heterocycles. The van der Waals surface area contributed by atoms with Crippen molar-refractivity contribution in [1.29, 1.82) is 0 Å². The van der Waals surface area contributed by atoms with Gasteiger partial charge in [0.05, 0.1) is 0 Å². The Morgan fingerprint density at radius 1 is 0.385 bits per heavy atom. The highest BCUT2D eigenvalue weighted by molar-refractivity contribution is 7.58. The third-order valence-corrected chi connectivity index (χ3v) is 18.8. The molecular formula is C36H67P3. The third-order valence-electron chi connectivity index (χ3n) is 13.2. The summed E-state index contributed by atoms with van der Waals surface area (Å²) in [6, 6.07) is 0. The van der Waals surface area contributed by atoms with Gasteiger partial charge in [0.1, 0.15) is 0 Å². The Morgan fingerprint density at radius 3 is 0.923 bits per heavy atom. The summed E-state index contributed by atoms with van der Waals surface area (Å²) in [6.07, 6.45) is 44.6. The van der Waals surface area contributed by atoms with Gasteiger partial charge in [0, 0.05) is 0 Å². The molecule has 39 heavy (non-hydrogen) atoms. The zero-order valence-corrected chi connectivity index (χ0v) is 29.2. The molecule has 0 aromatic heterocycles. The minimum Gasteiger partial charge on any atom is -0.131 e. The van der Waals surface area contributed by atoms with Crippen LogP contribution in [0.25, 0.3) is 0 Å². The van der Waals surface area contributed by atoms with Gasteiger partial charge in [-0.25, -0.2) is 0 Å². The fourth-order valence-corrected chi connectivity index (χ4v) is 16.1. The molecule has 0 aromatic rings. The van der Waals surface area contributed by atoms with Gasteiger partial charge in [0.2, 0.25) is 0 Å². The molecule has 0 bridgehead atoms. The lowest BCUT2D eigenvalue weighted by molar-refractivity contribution is 0.169. The molecule has 5 fully saturated rings. The van der Waals surface area contributed by atoms with E-state index in [4.69, 9.17) is 0 Å². The maximum absolute atomic E-state index is 3.66. The van der Waals surface area contributed by atoms with Gasteiger partial charge in [-0.05, 0) is 129 Å². The van der Waals surface area contributed by atoms with Gasteiger partial charge in [0.15, 0.2) is 0 Å². The van der Waals surface area contributed by atoms with Crippen LogP contribution >= 0.6 is 26.4 Å². The van der Waals surface area contributed by atoms with Crippen LogP contribution in [0.5, 0.6) is 0 Å². The molecule has 5 aliphatic rings. The molecule has 0 aromatic carbocycles. The molecule has 0 N–H and O–H groups in total. The van der Waals surface area contributed by atoms with Crippen LogP contribution in [0, 0.1) is 23.7 Å². The van der Waals surface area contributed by atoms with E-state index in [1.54, 1.807) is 89.4 Å². The summed E-state index contributed by atoms with van der Waals surface area (Å²) < 4.78 is 0. The highest BCUT2D eigenvalue weighted by atomic mass is 31.1. The molecule has 0 spiro atoms. The summed E-state index contributed by atoms with van der Waals surface area (Å²) >= 11 is 0. The molecule has 2 unspecified atom stereocenters. The summed E-state index contributed by atoms with van der Waals surface area (Å²) in [5.41, 5.74) is 1.10. The molecular weight excluding hydrogens is 525 g/mol. The molecule has 0 radical (unpaired) electrons. The summed E-state index contributed by atoms with van der Waals surface area (Å²) in [5, 5.41) is 1.14. The Labute approximate surface area is 251 Å². The van der Waals surface area contributed by atoms with Gasteiger partial charge < -0.3 is 0 Å². The Kier molecular flexibility index (Phi) is 12.9. The van der Waals surface area contributed by atoms with Crippen LogP contribution in [0.1, 0.15) is 173 Å². The predicted octanol–water partition coefficient (Wildman–Crippen LogP) is 12.1. The molecule has 2 atom stereocenters. The van der Waals surface area contributed by atoms with Gasteiger partial charge in [-0.1, -0.05) is 96.3 Å². The van der Waals surface area contributed by atoms with Crippen molar-refractivity contribution in [3.05, 3.63) is 0 Å². The smallest absolute Gasteiger partial charge is 0.00905 e. The largest absolute Gasteiger partial charge is 0.131 e. The van der Waals surface area contributed by atoms with Crippen LogP contribution in [0.4, 0.5) is 0 Å². The monoisotopic (exact) mass is 592 g/mol. The van der Waals surface area contributed by atoms with Crippen molar-refractivity contribution in [3.63, 3.8) is 0 Å². The first-order chi connectivity index (χ1) is 19.1. The van der Waals surface area contributed by atoms with E-state index in [2.05, 4.69) is 18.5 Å². The van der Waals surface area contributed by atoms with E-state index >= 15 is 0 Å². The Morgan fingerprint density at radius 2 is 0.641 bits per heavy atom. The molecule has 3 heteroatoms. The highest BCUT2D eigenvalue weighted by Gasteiger charge is 2.44. The first kappa shape index (κ1) is 31.7. The van der Waals surface area contributed by atoms with Gasteiger partial charge >= 0.3 is 0 Å². The third kappa shape index (κ3) is 8.27. The lowest BCUT2D eigenvalue weighted by atomic mass is 9.67. The van der Waals surface area contributed by atoms with Crippen LogP contribution in [-0.2, 0) is 0 Å². The number of hydrogen-bond acceptors (Lipinski definition) is 0. The van der Waals surface area contributed by atoms with Crippen molar-refractivity contribution in [2.24, 2.45) is 23.7 Å². The van der Waals surface area contributed by atoms with Gasteiger partial charge in [-0.15, -0.1) is 26.4 Å². The molecule has 0 aliphatic heterocycles. The fraction of sp³-hybridized carbons (Fsp3) is 1.00. The van der Waals surface area contributed by atoms with Crippen LogP contribution in [-0.4, -0.2) is 28.3 Å². The SMILES string of the molecule is PC(CCP(CCC(P)(C1CCCCC1)C1CCCCC1)C1CCCCC1)(C1CCCCC1)C1CCCCC1. The van der Waals surface area contributed by atoms with Crippen LogP contribution in [0.15, 0.2) is 0 Å². The van der Waals surface area contributed by atoms with Crippen LogP contribution in [0.2, 0.25) is 0 Å². The maximum atomic E-state index is 3.66. The Hall–Kier alpha value is 1.29. The second kappa shape index (κ2) is 15.8. The van der Waals surface area contributed by atoms with Gasteiger partial charge in [0.25, 0.3) is 0 Å². The van der Waals surface area contributed by atoms with E-state index in [0.29, 0.717) is 10.3 Å². The van der Waals surface area contributed by atoms with E-state index < -0.39 is 0 Å². The molecule has 5 aliphatic carbocycles. The zero-order valence-electron chi connectivity index (χ0n) is 26.0. The minimum atomic E-state index is 0.182. The van der Waals surface area contributed by atoms with E-state index in [1.165, 1.54) is 96.3 Å². The van der Waals surface area contributed by atoms with Gasteiger partial charge in [-0.2, -0.15) is 0 Å². The fourth-order valence-electron chi connectivity index (χ4n) is 10.6. The van der Waals surface area contributed by atoms with Crippen molar-refractivity contribution >= 4 is 26.4 Å². The number of hydrogen-bond donors (Lipinski definition) is 0. The van der Waals surface area contributed by atoms with E-state index in [1.807, 2.05) is 0 Å². The van der Waals surface area contributed by atoms with Crippen LogP contribution in [0.3, 0.4) is 0 Å². The molecule has 5 saturated carbocycles. The molecule has 5 rings (SSSR count). The van der Waals surface area contributed by atoms with Crippen molar-refractivity contribution in [1.82, 2.24) is 0 Å². The molecule has 0 heterocycles. The first-order valence-corrected chi connectivity index (χ1v) is 21.3. The highest BCUT2D eigenvalue weighted by Crippen LogP contribution is 2.58. The van der Waals surface area contributed by atoms with Gasteiger partial charge in [-0.3, -0.25) is 0 Å². The lowest BCUT2D eigenvalue weighted by Crippen LogP contribution is -2.43. The minimum absolute atomic E-state index is 0.182. The zero-order chi connectivity index (χ0) is 27.0. The van der Waals surface area contributed by atoms with Crippen molar-refractivity contribution in [3.8, 4) is 0 Å². The predicted molar refractivity (Wildman–Crippen MR) is 184 cm³/mol. The quantitative estimate of drug-likeness (QED) is 0.209. The molecule has 0 amide bonds. The van der Waals surface area contributed by atoms with Crippen molar-refractivity contribution in [2.75, 3.05) is 12.3 Å². The van der Waals surface area contributed by atoms with E-state index in [0.717, 1.165) is 29.3 Å². The summed E-state index contributed by atoms with van der Waals surface area (Å²) in [5.74, 6) is 4.03. The maximum Gasteiger partial charge on any atom is -0.00905 e. The summed E-state index contributed by atoms with van der Waals surface area (Å²) in [7, 11) is 7.51. The molecule has 226 valence electrons. The first-order valence-electron chi connectivity index (χ1n) is 18.4. The van der Waals surface area contributed by atoms with Crippen LogP contribution < -0.4 is 0 Å². The second-order valence-corrected chi connectivity index (χ2v) is 20.3. The van der Waals surface area contributed by atoms with E-state index in [-0.39, 0.29) is 7.92 Å². The Balaban J connectivity index is 1.31. The summed E-state index contributed by atoms with van der Waals surface area (Å²) in [6.45, 7) is 0. The van der Waals surface area contributed by atoms with Crippen molar-refractivity contribution < 1.29 is 0 Å². The Bertz CT molecular complexity index is 589. The molecule has 0 nitrogen and oxygen atoms in total. The second-order valence-electron chi connectivity index (χ2n) is 15.4. The normalized spacial score (nSPS) is 26.8. The topological polar surface area (TPSA) is 0 Å². The lowest BCUT2D eigenvalue weighted by Gasteiger charge is -2.49. The summed E-state index contributed by atoms with van der Waals surface area (Å²) in [4.78, 5) is 0.